The number of hydrogen-bond donors (Lipinski definition) is 1. The lowest BCUT2D eigenvalue weighted by atomic mass is 9.89. The van der Waals surface area contributed by atoms with Gasteiger partial charge in [0.1, 0.15) is 6.61 Å². The van der Waals surface area contributed by atoms with Crippen molar-refractivity contribution in [3.8, 4) is 0 Å². The van der Waals surface area contributed by atoms with Crippen molar-refractivity contribution >= 4 is 29.5 Å². The zero-order valence-corrected chi connectivity index (χ0v) is 21.8. The minimum absolute atomic E-state index is 0.0323. The van der Waals surface area contributed by atoms with Gasteiger partial charge < -0.3 is 14.6 Å². The fourth-order valence-electron chi connectivity index (χ4n) is 4.19. The highest BCUT2D eigenvalue weighted by Gasteiger charge is 2.46. The molecule has 2 amide bonds. The number of ether oxygens (including phenoxy) is 2. The van der Waals surface area contributed by atoms with Crippen molar-refractivity contribution in [3.63, 3.8) is 0 Å². The van der Waals surface area contributed by atoms with Gasteiger partial charge in [-0.3, -0.25) is 19.2 Å². The maximum absolute atomic E-state index is 13.7. The molecule has 0 saturated carbocycles. The van der Waals surface area contributed by atoms with Crippen LogP contribution in [0.15, 0.2) is 42.5 Å². The summed E-state index contributed by atoms with van der Waals surface area (Å²) in [5.41, 5.74) is 0.711. The first-order valence-corrected chi connectivity index (χ1v) is 12.7. The van der Waals surface area contributed by atoms with Crippen LogP contribution in [0.3, 0.4) is 0 Å². The van der Waals surface area contributed by atoms with Crippen molar-refractivity contribution < 1.29 is 38.6 Å². The fourth-order valence-corrected chi connectivity index (χ4v) is 4.19. The number of aliphatic hydroxyl groups is 1. The Morgan fingerprint density at radius 2 is 1.76 bits per heavy atom. The molecule has 0 radical (unpaired) electrons. The molecule has 0 unspecified atom stereocenters. The van der Waals surface area contributed by atoms with Crippen LogP contribution in [0.1, 0.15) is 58.4 Å². The zero-order chi connectivity index (χ0) is 27.4. The number of carbonyl (C=O) groups excluding carboxylic acids is 5. The van der Waals surface area contributed by atoms with E-state index in [0.29, 0.717) is 18.4 Å². The van der Waals surface area contributed by atoms with Crippen molar-refractivity contribution in [2.24, 2.45) is 11.8 Å². The number of carbonyl (C=O) groups is 5. The number of amides is 2. The Hall–Kier alpha value is -3.33. The molecule has 1 aromatic carbocycles. The predicted octanol–water partition coefficient (Wildman–Crippen LogP) is 3.42. The number of hydrogen-bond acceptors (Lipinski definition) is 8. The molecule has 9 nitrogen and oxygen atoms in total. The van der Waals surface area contributed by atoms with Crippen molar-refractivity contribution in [3.05, 3.63) is 48.0 Å². The molecule has 1 aliphatic heterocycles. The molecule has 0 spiro atoms. The fraction of sp³-hybridized carbons (Fsp3) is 0.536. The molecule has 0 bridgehead atoms. The Kier molecular flexibility index (Phi) is 12.2. The molecule has 9 heteroatoms. The van der Waals surface area contributed by atoms with Crippen LogP contribution in [0, 0.1) is 11.8 Å². The van der Waals surface area contributed by atoms with Gasteiger partial charge in [0.15, 0.2) is 17.7 Å². The van der Waals surface area contributed by atoms with E-state index in [-0.39, 0.29) is 37.8 Å². The monoisotopic (exact) mass is 515 g/mol. The van der Waals surface area contributed by atoms with Crippen LogP contribution in [0.5, 0.6) is 0 Å². The van der Waals surface area contributed by atoms with E-state index in [1.807, 2.05) is 13.8 Å². The number of rotatable bonds is 15. The molecule has 202 valence electrons. The van der Waals surface area contributed by atoms with E-state index in [1.165, 1.54) is 0 Å². The third-order valence-corrected chi connectivity index (χ3v) is 6.23. The van der Waals surface area contributed by atoms with Crippen LogP contribution in [-0.2, 0) is 35.1 Å². The summed E-state index contributed by atoms with van der Waals surface area (Å²) in [4.78, 5) is 64.7. The Morgan fingerprint density at radius 3 is 2.38 bits per heavy atom. The standard InChI is InChI=1S/C28H37NO8/c1-19(2)24-18-36-28(35)29(24)27(34)23(17-21-11-7-6-8-12-21)26(37-20(3)31)25(33)15-14-22(32)13-9-4-5-10-16-30/h6-8,11-12,14-15,19,23-24,26,30H,4-5,9-10,13,16-18H2,1-3H3/t23-,24-,26+/m0/s1. The third-order valence-electron chi connectivity index (χ3n) is 6.23. The van der Waals surface area contributed by atoms with Crippen LogP contribution in [0.4, 0.5) is 4.79 Å². The number of aliphatic hydroxyl groups excluding tert-OH is 1. The maximum atomic E-state index is 13.7. The summed E-state index contributed by atoms with van der Waals surface area (Å²) < 4.78 is 10.5. The largest absolute Gasteiger partial charge is 0.453 e. The van der Waals surface area contributed by atoms with Gasteiger partial charge >= 0.3 is 12.1 Å². The zero-order valence-electron chi connectivity index (χ0n) is 21.8. The molecule has 1 aromatic rings. The Balaban J connectivity index is 2.30. The lowest BCUT2D eigenvalue weighted by Gasteiger charge is -2.30. The van der Waals surface area contributed by atoms with E-state index in [4.69, 9.17) is 14.6 Å². The molecule has 3 atom stereocenters. The number of allylic oxidation sites excluding steroid dienone is 1. The summed E-state index contributed by atoms with van der Waals surface area (Å²) in [6, 6.07) is 8.38. The van der Waals surface area contributed by atoms with Gasteiger partial charge in [-0.05, 0) is 42.9 Å². The van der Waals surface area contributed by atoms with Crippen molar-refractivity contribution in [1.29, 1.82) is 0 Å². The van der Waals surface area contributed by atoms with Gasteiger partial charge in [-0.1, -0.05) is 57.0 Å². The first kappa shape index (κ1) is 29.9. The van der Waals surface area contributed by atoms with Gasteiger partial charge in [0.05, 0.1) is 12.0 Å². The molecular formula is C28H37NO8. The lowest BCUT2D eigenvalue weighted by molar-refractivity contribution is -0.159. The summed E-state index contributed by atoms with van der Waals surface area (Å²) in [5, 5.41) is 8.83. The highest BCUT2D eigenvalue weighted by atomic mass is 16.6. The maximum Gasteiger partial charge on any atom is 0.416 e. The topological polar surface area (TPSA) is 127 Å². The normalized spacial score (nSPS) is 17.1. The first-order valence-electron chi connectivity index (χ1n) is 12.7. The third kappa shape index (κ3) is 9.24. The van der Waals surface area contributed by atoms with Gasteiger partial charge in [0, 0.05) is 20.0 Å². The number of benzene rings is 1. The quantitative estimate of drug-likeness (QED) is 0.214. The molecule has 0 aromatic heterocycles. The minimum Gasteiger partial charge on any atom is -0.453 e. The van der Waals surface area contributed by atoms with E-state index in [1.54, 1.807) is 30.3 Å². The first-order chi connectivity index (χ1) is 17.6. The molecule has 2 rings (SSSR count). The lowest BCUT2D eigenvalue weighted by Crippen LogP contribution is -2.50. The second kappa shape index (κ2) is 15.0. The second-order valence-corrected chi connectivity index (χ2v) is 9.51. The van der Waals surface area contributed by atoms with E-state index < -0.39 is 41.8 Å². The van der Waals surface area contributed by atoms with Crippen LogP contribution >= 0.6 is 0 Å². The molecule has 37 heavy (non-hydrogen) atoms. The molecular weight excluding hydrogens is 478 g/mol. The van der Waals surface area contributed by atoms with Gasteiger partial charge in [-0.25, -0.2) is 9.69 Å². The van der Waals surface area contributed by atoms with Gasteiger partial charge in [0.2, 0.25) is 5.91 Å². The van der Waals surface area contributed by atoms with E-state index in [9.17, 15) is 24.0 Å². The Morgan fingerprint density at radius 1 is 1.08 bits per heavy atom. The molecule has 1 aliphatic rings. The second-order valence-electron chi connectivity index (χ2n) is 9.51. The molecule has 1 saturated heterocycles. The number of esters is 1. The average Bonchev–Trinajstić information content (AvgIpc) is 3.26. The highest BCUT2D eigenvalue weighted by molar-refractivity contribution is 6.04. The van der Waals surface area contributed by atoms with Crippen molar-refractivity contribution in [1.82, 2.24) is 4.90 Å². The summed E-state index contributed by atoms with van der Waals surface area (Å²) in [6.07, 6.45) is 2.98. The van der Waals surface area contributed by atoms with Crippen LogP contribution in [-0.4, -0.2) is 64.9 Å². The number of nitrogens with zero attached hydrogens (tertiary/aromatic N) is 1. The summed E-state index contributed by atoms with van der Waals surface area (Å²) in [6.45, 7) is 4.99. The predicted molar refractivity (Wildman–Crippen MR) is 135 cm³/mol. The summed E-state index contributed by atoms with van der Waals surface area (Å²) in [7, 11) is 0. The van der Waals surface area contributed by atoms with Gasteiger partial charge in [-0.15, -0.1) is 0 Å². The van der Waals surface area contributed by atoms with Crippen LogP contribution in [0.25, 0.3) is 0 Å². The van der Waals surface area contributed by atoms with E-state index in [2.05, 4.69) is 0 Å². The van der Waals surface area contributed by atoms with Gasteiger partial charge in [0.25, 0.3) is 0 Å². The van der Waals surface area contributed by atoms with E-state index in [0.717, 1.165) is 36.8 Å². The molecule has 1 N–H and O–H groups in total. The van der Waals surface area contributed by atoms with Crippen LogP contribution < -0.4 is 0 Å². The van der Waals surface area contributed by atoms with Crippen LogP contribution in [0.2, 0.25) is 0 Å². The number of unbranched alkanes of at least 4 members (excludes halogenated alkanes) is 3. The average molecular weight is 516 g/mol. The van der Waals surface area contributed by atoms with Crippen molar-refractivity contribution in [2.75, 3.05) is 13.2 Å². The minimum atomic E-state index is -1.53. The summed E-state index contributed by atoms with van der Waals surface area (Å²) in [5.74, 6) is -3.72. The van der Waals surface area contributed by atoms with Gasteiger partial charge in [-0.2, -0.15) is 0 Å². The molecule has 1 heterocycles. The Bertz CT molecular complexity index is 972. The van der Waals surface area contributed by atoms with E-state index >= 15 is 0 Å². The molecule has 1 fully saturated rings. The smallest absolute Gasteiger partial charge is 0.416 e. The highest BCUT2D eigenvalue weighted by Crippen LogP contribution is 2.27. The SMILES string of the molecule is CC(=O)O[C@@H](C(=O)C=CC(=O)CCCCCCO)[C@H](Cc1ccccc1)C(=O)N1C(=O)OC[C@H]1C(C)C. The number of cyclic esters (lactones) is 1. The Labute approximate surface area is 217 Å². The number of imide groups is 1. The van der Waals surface area contributed by atoms with Crippen molar-refractivity contribution in [2.45, 2.75) is 71.4 Å². The molecule has 0 aliphatic carbocycles. The number of ketones is 2. The summed E-state index contributed by atoms with van der Waals surface area (Å²) >= 11 is 0.